The average molecular weight is 237 g/mol. The van der Waals surface area contributed by atoms with Gasteiger partial charge < -0.3 is 11.1 Å². The predicted molar refractivity (Wildman–Crippen MR) is 66.4 cm³/mol. The van der Waals surface area contributed by atoms with Crippen molar-refractivity contribution in [3.8, 4) is 0 Å². The Bertz CT molecular complexity index is 303. The van der Waals surface area contributed by atoms with Crippen LogP contribution in [0, 0.1) is 17.8 Å². The highest BCUT2D eigenvalue weighted by Gasteiger charge is 2.41. The number of nitrogens with one attached hydrogen (secondary N) is 1. The van der Waals surface area contributed by atoms with Gasteiger partial charge in [0.05, 0.1) is 6.54 Å². The van der Waals surface area contributed by atoms with Crippen LogP contribution >= 0.6 is 0 Å². The quantitative estimate of drug-likeness (QED) is 0.733. The third-order valence-electron chi connectivity index (χ3n) is 4.64. The third-order valence-corrected chi connectivity index (χ3v) is 4.64. The lowest BCUT2D eigenvalue weighted by atomic mass is 9.98. The largest absolute Gasteiger partial charge is 0.355 e. The van der Waals surface area contributed by atoms with Gasteiger partial charge in [-0.3, -0.25) is 9.69 Å². The van der Waals surface area contributed by atoms with Gasteiger partial charge in [-0.25, -0.2) is 0 Å². The second kappa shape index (κ2) is 4.58. The van der Waals surface area contributed by atoms with Crippen molar-refractivity contribution < 1.29 is 4.79 Å². The summed E-state index contributed by atoms with van der Waals surface area (Å²) in [6.45, 7) is 3.57. The first-order chi connectivity index (χ1) is 8.22. The minimum atomic E-state index is 0.199. The summed E-state index contributed by atoms with van der Waals surface area (Å²) in [4.78, 5) is 14.0. The van der Waals surface area contributed by atoms with E-state index in [0.717, 1.165) is 31.5 Å². The van der Waals surface area contributed by atoms with Gasteiger partial charge >= 0.3 is 0 Å². The van der Waals surface area contributed by atoms with Crippen LogP contribution in [0.25, 0.3) is 0 Å². The molecular weight excluding hydrogens is 214 g/mol. The zero-order valence-electron chi connectivity index (χ0n) is 10.4. The Morgan fingerprint density at radius 3 is 2.76 bits per heavy atom. The molecule has 0 bridgehead atoms. The lowest BCUT2D eigenvalue weighted by Gasteiger charge is -2.17. The Labute approximate surface area is 103 Å². The maximum atomic E-state index is 11.7. The first kappa shape index (κ1) is 11.5. The fraction of sp³-hybridized carbons (Fsp3) is 0.923. The third kappa shape index (κ3) is 2.63. The number of fused-ring (bicyclic) bond motifs is 1. The molecule has 3 aliphatic rings. The predicted octanol–water partition coefficient (Wildman–Crippen LogP) is 0.182. The van der Waals surface area contributed by atoms with Crippen LogP contribution < -0.4 is 11.1 Å². The summed E-state index contributed by atoms with van der Waals surface area (Å²) in [6.07, 6.45) is 5.02. The van der Waals surface area contributed by atoms with Gasteiger partial charge in [-0.2, -0.15) is 0 Å². The van der Waals surface area contributed by atoms with E-state index in [2.05, 4.69) is 10.2 Å². The number of hydrogen-bond donors (Lipinski definition) is 2. The zero-order valence-corrected chi connectivity index (χ0v) is 10.4. The molecule has 2 saturated carbocycles. The number of carbonyl (C=O) groups is 1. The highest BCUT2D eigenvalue weighted by Crippen LogP contribution is 2.36. The molecule has 0 radical (unpaired) electrons. The molecule has 1 aliphatic heterocycles. The lowest BCUT2D eigenvalue weighted by molar-refractivity contribution is -0.122. The van der Waals surface area contributed by atoms with Crippen LogP contribution in [0.3, 0.4) is 0 Å². The molecule has 4 nitrogen and oxygen atoms in total. The second-order valence-electron chi connectivity index (χ2n) is 6.11. The molecule has 3 fully saturated rings. The number of hydrogen-bond acceptors (Lipinski definition) is 3. The van der Waals surface area contributed by atoms with Crippen molar-refractivity contribution in [2.75, 3.05) is 26.2 Å². The van der Waals surface area contributed by atoms with Gasteiger partial charge in [0.25, 0.3) is 0 Å². The van der Waals surface area contributed by atoms with E-state index in [9.17, 15) is 4.79 Å². The van der Waals surface area contributed by atoms with Crippen molar-refractivity contribution in [2.24, 2.45) is 23.5 Å². The minimum Gasteiger partial charge on any atom is -0.355 e. The molecule has 3 rings (SSSR count). The second-order valence-corrected chi connectivity index (χ2v) is 6.11. The number of nitrogens with two attached hydrogens (primary N) is 1. The Morgan fingerprint density at radius 2 is 2.06 bits per heavy atom. The van der Waals surface area contributed by atoms with E-state index in [0.29, 0.717) is 18.5 Å². The van der Waals surface area contributed by atoms with Crippen LogP contribution in [-0.4, -0.2) is 43.0 Å². The van der Waals surface area contributed by atoms with Crippen LogP contribution in [0.4, 0.5) is 0 Å². The summed E-state index contributed by atoms with van der Waals surface area (Å²) < 4.78 is 0. The van der Waals surface area contributed by atoms with Crippen LogP contribution in [-0.2, 0) is 4.79 Å². The van der Waals surface area contributed by atoms with E-state index in [4.69, 9.17) is 5.73 Å². The molecule has 0 aromatic carbocycles. The maximum absolute atomic E-state index is 11.7. The van der Waals surface area contributed by atoms with Crippen LogP contribution in [0.1, 0.15) is 25.7 Å². The maximum Gasteiger partial charge on any atom is 0.234 e. The number of likely N-dealkylation sites (tertiary alicyclic amines) is 1. The fourth-order valence-electron chi connectivity index (χ4n) is 3.37. The average Bonchev–Trinajstić information content (AvgIpc) is 2.96. The van der Waals surface area contributed by atoms with Gasteiger partial charge in [-0.15, -0.1) is 0 Å². The number of nitrogens with zero attached hydrogens (tertiary/aromatic N) is 1. The molecule has 1 amide bonds. The Hall–Kier alpha value is -0.610. The van der Waals surface area contributed by atoms with Crippen molar-refractivity contribution in [3.63, 3.8) is 0 Å². The fourth-order valence-corrected chi connectivity index (χ4v) is 3.37. The lowest BCUT2D eigenvalue weighted by Crippen LogP contribution is -2.38. The van der Waals surface area contributed by atoms with Gasteiger partial charge in [0.15, 0.2) is 0 Å². The molecule has 0 spiro atoms. The summed E-state index contributed by atoms with van der Waals surface area (Å²) in [7, 11) is 0. The normalized spacial score (nSPS) is 37.1. The van der Waals surface area contributed by atoms with Gasteiger partial charge in [-0.05, 0) is 43.4 Å². The highest BCUT2D eigenvalue weighted by molar-refractivity contribution is 5.78. The minimum absolute atomic E-state index is 0.199. The van der Waals surface area contributed by atoms with Gasteiger partial charge in [0.2, 0.25) is 5.91 Å². The van der Waals surface area contributed by atoms with Crippen molar-refractivity contribution in [3.05, 3.63) is 0 Å². The van der Waals surface area contributed by atoms with Crippen molar-refractivity contribution in [1.82, 2.24) is 10.2 Å². The summed E-state index contributed by atoms with van der Waals surface area (Å²) in [5, 5.41) is 3.04. The van der Waals surface area contributed by atoms with Crippen molar-refractivity contribution >= 4 is 5.91 Å². The molecule has 96 valence electrons. The van der Waals surface area contributed by atoms with E-state index in [-0.39, 0.29) is 5.91 Å². The smallest absolute Gasteiger partial charge is 0.234 e. The summed E-state index contributed by atoms with van der Waals surface area (Å²) in [5.74, 6) is 2.36. The standard InChI is InChI=1S/C13H23N3O/c14-12-4-3-10-6-16(7-11(10)12)8-13(17)15-5-9-1-2-9/h9-12H,1-8,14H2,(H,15,17). The zero-order chi connectivity index (χ0) is 11.8. The molecule has 3 unspecified atom stereocenters. The van der Waals surface area contributed by atoms with Crippen LogP contribution in [0.2, 0.25) is 0 Å². The Balaban J connectivity index is 1.42. The molecule has 0 aromatic rings. The Morgan fingerprint density at radius 1 is 1.24 bits per heavy atom. The molecule has 2 aliphatic carbocycles. The topological polar surface area (TPSA) is 58.4 Å². The molecule has 0 aromatic heterocycles. The first-order valence-corrected chi connectivity index (χ1v) is 6.97. The molecule has 4 heteroatoms. The van der Waals surface area contributed by atoms with Crippen molar-refractivity contribution in [1.29, 1.82) is 0 Å². The van der Waals surface area contributed by atoms with Crippen LogP contribution in [0.5, 0.6) is 0 Å². The van der Waals surface area contributed by atoms with Crippen LogP contribution in [0.15, 0.2) is 0 Å². The van der Waals surface area contributed by atoms with E-state index in [1.54, 1.807) is 0 Å². The van der Waals surface area contributed by atoms with E-state index in [1.165, 1.54) is 25.7 Å². The molecule has 1 saturated heterocycles. The van der Waals surface area contributed by atoms with E-state index >= 15 is 0 Å². The summed E-state index contributed by atoms with van der Waals surface area (Å²) in [5.41, 5.74) is 6.09. The molecule has 3 atom stereocenters. The van der Waals surface area contributed by atoms with E-state index in [1.807, 2.05) is 0 Å². The summed E-state index contributed by atoms with van der Waals surface area (Å²) in [6, 6.07) is 0.375. The summed E-state index contributed by atoms with van der Waals surface area (Å²) >= 11 is 0. The number of carbonyl (C=O) groups excluding carboxylic acids is 1. The molecule has 1 heterocycles. The van der Waals surface area contributed by atoms with Gasteiger partial charge in [0, 0.05) is 25.7 Å². The molecular formula is C13H23N3O. The van der Waals surface area contributed by atoms with Gasteiger partial charge in [-0.1, -0.05) is 0 Å². The van der Waals surface area contributed by atoms with E-state index < -0.39 is 0 Å². The number of rotatable bonds is 4. The van der Waals surface area contributed by atoms with Gasteiger partial charge in [0.1, 0.15) is 0 Å². The Kier molecular flexibility index (Phi) is 3.09. The molecule has 3 N–H and O–H groups in total. The SMILES string of the molecule is NC1CCC2CN(CC(=O)NCC3CC3)CC12. The molecule has 17 heavy (non-hydrogen) atoms. The highest BCUT2D eigenvalue weighted by atomic mass is 16.2. The monoisotopic (exact) mass is 237 g/mol. The first-order valence-electron chi connectivity index (χ1n) is 6.97. The van der Waals surface area contributed by atoms with Crippen molar-refractivity contribution in [2.45, 2.75) is 31.7 Å². The number of amides is 1.